The minimum atomic E-state index is -0.215. The molecule has 0 atom stereocenters. The molecule has 3 rings (SSSR count). The van der Waals surface area contributed by atoms with Gasteiger partial charge in [0, 0.05) is 22.1 Å². The van der Waals surface area contributed by atoms with Gasteiger partial charge < -0.3 is 10.7 Å². The molecule has 0 unspecified atom stereocenters. The van der Waals surface area contributed by atoms with Crippen molar-refractivity contribution in [3.05, 3.63) is 58.5 Å². The molecule has 0 radical (unpaired) electrons. The van der Waals surface area contributed by atoms with Crippen LogP contribution >= 0.6 is 11.6 Å². The van der Waals surface area contributed by atoms with Crippen molar-refractivity contribution in [1.29, 1.82) is 0 Å². The van der Waals surface area contributed by atoms with Crippen molar-refractivity contribution in [2.75, 3.05) is 5.73 Å². The summed E-state index contributed by atoms with van der Waals surface area (Å²) in [7, 11) is 0. The van der Waals surface area contributed by atoms with Crippen LogP contribution in [-0.4, -0.2) is 15.8 Å². The first kappa shape index (κ1) is 12.7. The van der Waals surface area contributed by atoms with Crippen molar-refractivity contribution in [3.8, 4) is 0 Å². The second-order valence-corrected chi connectivity index (χ2v) is 5.04. The monoisotopic (exact) mass is 285 g/mol. The molecule has 3 N–H and O–H groups in total. The van der Waals surface area contributed by atoms with Crippen molar-refractivity contribution in [3.63, 3.8) is 0 Å². The van der Waals surface area contributed by atoms with Gasteiger partial charge in [0.05, 0.1) is 5.69 Å². The SMILES string of the molecule is Cc1cccnc1C(=O)c1[nH]c2cc(Cl)ccc2c1N. The predicted octanol–water partition coefficient (Wildman–Crippen LogP) is 3.34. The average molecular weight is 286 g/mol. The minimum Gasteiger partial charge on any atom is -0.396 e. The van der Waals surface area contributed by atoms with Gasteiger partial charge in [-0.15, -0.1) is 0 Å². The lowest BCUT2D eigenvalue weighted by atomic mass is 10.1. The van der Waals surface area contributed by atoms with Crippen LogP contribution < -0.4 is 5.73 Å². The third kappa shape index (κ3) is 1.94. The number of fused-ring (bicyclic) bond motifs is 1. The number of hydrogen-bond acceptors (Lipinski definition) is 3. The summed E-state index contributed by atoms with van der Waals surface area (Å²) in [6, 6.07) is 8.92. The summed E-state index contributed by atoms with van der Waals surface area (Å²) >= 11 is 5.94. The lowest BCUT2D eigenvalue weighted by Crippen LogP contribution is -2.08. The van der Waals surface area contributed by atoms with Crippen molar-refractivity contribution in [2.24, 2.45) is 0 Å². The van der Waals surface area contributed by atoms with Crippen LogP contribution in [0.15, 0.2) is 36.5 Å². The molecule has 2 aromatic heterocycles. The molecule has 100 valence electrons. The van der Waals surface area contributed by atoms with Gasteiger partial charge in [-0.05, 0) is 36.8 Å². The van der Waals surface area contributed by atoms with E-state index < -0.39 is 0 Å². The number of nitrogens with zero attached hydrogens (tertiary/aromatic N) is 1. The van der Waals surface area contributed by atoms with E-state index in [1.54, 1.807) is 30.5 Å². The predicted molar refractivity (Wildman–Crippen MR) is 80.1 cm³/mol. The Morgan fingerprint density at radius 3 is 2.90 bits per heavy atom. The fourth-order valence-corrected chi connectivity index (χ4v) is 2.38. The van der Waals surface area contributed by atoms with Gasteiger partial charge >= 0.3 is 0 Å². The largest absolute Gasteiger partial charge is 0.396 e. The molecular weight excluding hydrogens is 274 g/mol. The van der Waals surface area contributed by atoms with Gasteiger partial charge in [0.2, 0.25) is 5.78 Å². The van der Waals surface area contributed by atoms with Gasteiger partial charge in [0.25, 0.3) is 0 Å². The van der Waals surface area contributed by atoms with Crippen LogP contribution in [0, 0.1) is 6.92 Å². The normalized spacial score (nSPS) is 10.9. The van der Waals surface area contributed by atoms with Crippen molar-refractivity contribution in [2.45, 2.75) is 6.92 Å². The number of rotatable bonds is 2. The Balaban J connectivity index is 2.18. The van der Waals surface area contributed by atoms with Gasteiger partial charge in [-0.2, -0.15) is 0 Å². The lowest BCUT2D eigenvalue weighted by molar-refractivity contribution is 0.103. The first-order valence-electron chi connectivity index (χ1n) is 6.11. The Morgan fingerprint density at radius 1 is 1.35 bits per heavy atom. The van der Waals surface area contributed by atoms with Crippen LogP contribution in [0.2, 0.25) is 5.02 Å². The summed E-state index contributed by atoms with van der Waals surface area (Å²) in [5.41, 5.74) is 8.78. The van der Waals surface area contributed by atoms with E-state index >= 15 is 0 Å². The van der Waals surface area contributed by atoms with Gasteiger partial charge in [-0.1, -0.05) is 17.7 Å². The maximum Gasteiger partial charge on any atom is 0.229 e. The number of H-pyrrole nitrogens is 1. The van der Waals surface area contributed by atoms with Gasteiger partial charge in [0.15, 0.2) is 0 Å². The molecule has 0 saturated heterocycles. The number of hydrogen-bond donors (Lipinski definition) is 2. The summed E-state index contributed by atoms with van der Waals surface area (Å²) in [6.07, 6.45) is 1.59. The molecule has 20 heavy (non-hydrogen) atoms. The van der Waals surface area contributed by atoms with Crippen LogP contribution in [0.25, 0.3) is 10.9 Å². The highest BCUT2D eigenvalue weighted by atomic mass is 35.5. The van der Waals surface area contributed by atoms with E-state index in [9.17, 15) is 4.79 Å². The number of pyridine rings is 1. The Kier molecular flexibility index (Phi) is 2.95. The number of aromatic amines is 1. The Labute approximate surface area is 120 Å². The summed E-state index contributed by atoms with van der Waals surface area (Å²) in [4.78, 5) is 19.7. The standard InChI is InChI=1S/C15H12ClN3O/c1-8-3-2-6-18-13(8)15(20)14-12(17)10-5-4-9(16)7-11(10)19-14/h2-7,19H,17H2,1H3. The second kappa shape index (κ2) is 4.65. The van der Waals surface area contributed by atoms with Crippen molar-refractivity contribution < 1.29 is 4.79 Å². The average Bonchev–Trinajstić information content (AvgIpc) is 2.75. The third-order valence-corrected chi connectivity index (χ3v) is 3.49. The summed E-state index contributed by atoms with van der Waals surface area (Å²) in [6.45, 7) is 1.84. The smallest absolute Gasteiger partial charge is 0.229 e. The molecule has 1 aromatic carbocycles. The quantitative estimate of drug-likeness (QED) is 0.709. The fraction of sp³-hybridized carbons (Fsp3) is 0.0667. The number of nitrogens with one attached hydrogen (secondary N) is 1. The number of carbonyl (C=O) groups is 1. The molecule has 0 spiro atoms. The Bertz CT molecular complexity index is 823. The molecule has 0 saturated carbocycles. The van der Waals surface area contributed by atoms with Crippen molar-refractivity contribution in [1.82, 2.24) is 9.97 Å². The fourth-order valence-electron chi connectivity index (χ4n) is 2.21. The van der Waals surface area contributed by atoms with Crippen LogP contribution in [0.5, 0.6) is 0 Å². The zero-order valence-corrected chi connectivity index (χ0v) is 11.5. The van der Waals surface area contributed by atoms with E-state index in [-0.39, 0.29) is 5.78 Å². The topological polar surface area (TPSA) is 71.8 Å². The summed E-state index contributed by atoms with van der Waals surface area (Å²) in [5, 5.41) is 1.37. The third-order valence-electron chi connectivity index (χ3n) is 3.25. The van der Waals surface area contributed by atoms with Crippen LogP contribution in [0.1, 0.15) is 21.7 Å². The number of nitrogens with two attached hydrogens (primary N) is 1. The van der Waals surface area contributed by atoms with Crippen molar-refractivity contribution >= 4 is 34.0 Å². The van der Waals surface area contributed by atoms with Gasteiger partial charge in [-0.25, -0.2) is 0 Å². The molecule has 3 aromatic rings. The van der Waals surface area contributed by atoms with Crippen LogP contribution in [0.3, 0.4) is 0 Å². The molecule has 2 heterocycles. The number of aromatic nitrogens is 2. The minimum absolute atomic E-state index is 0.215. The molecule has 0 aliphatic carbocycles. The molecule has 0 aliphatic heterocycles. The summed E-state index contributed by atoms with van der Waals surface area (Å²) < 4.78 is 0. The van der Waals surface area contributed by atoms with Gasteiger partial charge in [-0.3, -0.25) is 9.78 Å². The molecule has 0 bridgehead atoms. The number of aryl methyl sites for hydroxylation is 1. The molecule has 0 fully saturated rings. The first-order valence-corrected chi connectivity index (χ1v) is 6.48. The number of ketones is 1. The van der Waals surface area contributed by atoms with Crippen LogP contribution in [0.4, 0.5) is 5.69 Å². The lowest BCUT2D eigenvalue weighted by Gasteiger charge is -2.02. The van der Waals surface area contributed by atoms with E-state index in [2.05, 4.69) is 9.97 Å². The number of benzene rings is 1. The number of carbonyl (C=O) groups excluding carboxylic acids is 1. The molecule has 5 heteroatoms. The van der Waals surface area contributed by atoms with Gasteiger partial charge in [0.1, 0.15) is 11.4 Å². The van der Waals surface area contributed by atoms with E-state index in [1.165, 1.54) is 0 Å². The molecule has 0 amide bonds. The van der Waals surface area contributed by atoms with E-state index in [0.29, 0.717) is 22.1 Å². The molecular formula is C15H12ClN3O. The van der Waals surface area contributed by atoms with E-state index in [1.807, 2.05) is 13.0 Å². The Morgan fingerprint density at radius 2 is 2.15 bits per heavy atom. The number of halogens is 1. The zero-order valence-electron chi connectivity index (χ0n) is 10.8. The Hall–Kier alpha value is -2.33. The zero-order chi connectivity index (χ0) is 14.3. The maximum atomic E-state index is 12.5. The number of nitrogen functional groups attached to an aromatic ring is 1. The molecule has 0 aliphatic rings. The number of anilines is 1. The highest BCUT2D eigenvalue weighted by molar-refractivity contribution is 6.31. The summed E-state index contributed by atoms with van der Waals surface area (Å²) in [5.74, 6) is -0.215. The van der Waals surface area contributed by atoms with E-state index in [0.717, 1.165) is 16.5 Å². The highest BCUT2D eigenvalue weighted by Crippen LogP contribution is 2.28. The van der Waals surface area contributed by atoms with Crippen LogP contribution in [-0.2, 0) is 0 Å². The highest BCUT2D eigenvalue weighted by Gasteiger charge is 2.19. The molecule has 4 nitrogen and oxygen atoms in total. The first-order chi connectivity index (χ1) is 9.58. The maximum absolute atomic E-state index is 12.5. The second-order valence-electron chi connectivity index (χ2n) is 4.60. The van der Waals surface area contributed by atoms with E-state index in [4.69, 9.17) is 17.3 Å².